The van der Waals surface area contributed by atoms with Gasteiger partial charge in [-0.05, 0) is 60.7 Å². The van der Waals surface area contributed by atoms with Crippen molar-refractivity contribution in [2.24, 2.45) is 34.5 Å². The van der Waals surface area contributed by atoms with Crippen molar-refractivity contribution in [2.45, 2.75) is 53.1 Å². The van der Waals surface area contributed by atoms with Gasteiger partial charge in [0.2, 0.25) is 0 Å². The van der Waals surface area contributed by atoms with Crippen LogP contribution in [-0.2, 0) is 4.79 Å². The Hall–Kier alpha value is -0.370. The molecule has 3 aliphatic rings. The van der Waals surface area contributed by atoms with E-state index in [-0.39, 0.29) is 5.78 Å². The van der Waals surface area contributed by atoms with Crippen LogP contribution < -0.4 is 0 Å². The number of hydrogen-bond acceptors (Lipinski definition) is 2. The highest BCUT2D eigenvalue weighted by molar-refractivity contribution is 5.80. The molecule has 0 amide bonds. The summed E-state index contributed by atoms with van der Waals surface area (Å²) in [6, 6.07) is 0. The van der Waals surface area contributed by atoms with E-state index in [9.17, 15) is 9.90 Å². The van der Waals surface area contributed by atoms with E-state index in [4.69, 9.17) is 0 Å². The van der Waals surface area contributed by atoms with Gasteiger partial charge in [-0.1, -0.05) is 20.8 Å². The molecule has 3 aliphatic carbocycles. The lowest BCUT2D eigenvalue weighted by Crippen LogP contribution is -2.18. The van der Waals surface area contributed by atoms with Gasteiger partial charge in [-0.15, -0.1) is 0 Å². The number of aliphatic hydroxyl groups excluding tert-OH is 1. The van der Waals surface area contributed by atoms with Crippen LogP contribution in [0.25, 0.3) is 0 Å². The molecule has 1 unspecified atom stereocenters. The maximum absolute atomic E-state index is 11.2. The van der Waals surface area contributed by atoms with E-state index in [1.807, 2.05) is 0 Å². The average Bonchev–Trinajstić information content (AvgIpc) is 2.88. The van der Waals surface area contributed by atoms with Crippen molar-refractivity contribution in [1.82, 2.24) is 0 Å². The van der Waals surface area contributed by atoms with Crippen molar-refractivity contribution < 1.29 is 9.90 Å². The summed E-state index contributed by atoms with van der Waals surface area (Å²) in [4.78, 5) is 11.2. The molecule has 0 heterocycles. The van der Waals surface area contributed by atoms with Crippen molar-refractivity contribution in [3.63, 3.8) is 0 Å². The van der Waals surface area contributed by atoms with Crippen LogP contribution in [0.5, 0.6) is 0 Å². The lowest BCUT2D eigenvalue weighted by Gasteiger charge is -2.19. The van der Waals surface area contributed by atoms with Gasteiger partial charge in [-0.3, -0.25) is 4.79 Å². The standard InChI is InChI=1S/C15H24O2/c1-8(16)11(17)7-10-12(14(10,2)3)13-9-5-6-15(9,13)4/h9-13,17H,5-7H2,1-4H3/t9-,10-,11?,12+,13+,15-/m1/s1. The lowest BCUT2D eigenvalue weighted by molar-refractivity contribution is -0.125. The molecule has 6 atom stereocenters. The topological polar surface area (TPSA) is 37.3 Å². The molecule has 0 aromatic carbocycles. The van der Waals surface area contributed by atoms with Gasteiger partial charge in [-0.25, -0.2) is 0 Å². The molecule has 0 aliphatic heterocycles. The Balaban J connectivity index is 1.66. The smallest absolute Gasteiger partial charge is 0.158 e. The fourth-order valence-electron chi connectivity index (χ4n) is 4.83. The van der Waals surface area contributed by atoms with Crippen molar-refractivity contribution in [2.75, 3.05) is 0 Å². The Morgan fingerprint density at radius 1 is 1.35 bits per heavy atom. The van der Waals surface area contributed by atoms with E-state index in [1.54, 1.807) is 0 Å². The van der Waals surface area contributed by atoms with E-state index in [0.717, 1.165) is 17.8 Å². The highest BCUT2D eigenvalue weighted by Crippen LogP contribution is 2.82. The number of ketones is 1. The molecule has 0 bridgehead atoms. The van der Waals surface area contributed by atoms with Crippen molar-refractivity contribution in [3.8, 4) is 0 Å². The largest absolute Gasteiger partial charge is 0.385 e. The zero-order chi connectivity index (χ0) is 12.6. The highest BCUT2D eigenvalue weighted by Gasteiger charge is 2.77. The molecular weight excluding hydrogens is 212 g/mol. The summed E-state index contributed by atoms with van der Waals surface area (Å²) in [5.41, 5.74) is 0.985. The molecule has 0 spiro atoms. The minimum absolute atomic E-state index is 0.0727. The number of fused-ring (bicyclic) bond motifs is 1. The normalized spacial score (nSPS) is 51.1. The van der Waals surface area contributed by atoms with Gasteiger partial charge in [0.15, 0.2) is 5.78 Å². The Morgan fingerprint density at radius 2 is 1.94 bits per heavy atom. The second kappa shape index (κ2) is 3.14. The van der Waals surface area contributed by atoms with Gasteiger partial charge in [0.25, 0.3) is 0 Å². The Labute approximate surface area is 104 Å². The molecule has 17 heavy (non-hydrogen) atoms. The predicted molar refractivity (Wildman–Crippen MR) is 66.4 cm³/mol. The maximum atomic E-state index is 11.2. The van der Waals surface area contributed by atoms with Gasteiger partial charge < -0.3 is 5.11 Å². The van der Waals surface area contributed by atoms with Crippen molar-refractivity contribution in [1.29, 1.82) is 0 Å². The fourth-order valence-corrected chi connectivity index (χ4v) is 4.83. The fraction of sp³-hybridized carbons (Fsp3) is 0.933. The predicted octanol–water partition coefficient (Wildman–Crippen LogP) is 2.64. The van der Waals surface area contributed by atoms with E-state index >= 15 is 0 Å². The molecule has 0 radical (unpaired) electrons. The lowest BCUT2D eigenvalue weighted by atomic mass is 9.86. The number of hydrogen-bond donors (Lipinski definition) is 1. The van der Waals surface area contributed by atoms with Crippen LogP contribution in [0.4, 0.5) is 0 Å². The summed E-state index contributed by atoms with van der Waals surface area (Å²) >= 11 is 0. The SMILES string of the molecule is CC(=O)C(O)C[C@@H]1[C@@H]([C@@H]2[C@H]3CC[C@@]23C)C1(C)C. The summed E-state index contributed by atoms with van der Waals surface area (Å²) in [5, 5.41) is 9.75. The van der Waals surface area contributed by atoms with Crippen LogP contribution in [0.2, 0.25) is 0 Å². The summed E-state index contributed by atoms with van der Waals surface area (Å²) in [6.45, 7) is 8.56. The second-order valence-electron chi connectivity index (χ2n) is 7.49. The molecule has 2 nitrogen and oxygen atoms in total. The quantitative estimate of drug-likeness (QED) is 0.814. The first-order chi connectivity index (χ1) is 7.80. The number of Topliss-reactive ketones (excluding diaryl/α,β-unsaturated/α-hetero) is 1. The maximum Gasteiger partial charge on any atom is 0.158 e. The number of carbonyl (C=O) groups excluding carboxylic acids is 1. The van der Waals surface area contributed by atoms with E-state index < -0.39 is 6.10 Å². The molecule has 3 saturated carbocycles. The zero-order valence-corrected chi connectivity index (χ0v) is 11.4. The van der Waals surface area contributed by atoms with Crippen LogP contribution in [0.1, 0.15) is 47.0 Å². The molecule has 96 valence electrons. The van der Waals surface area contributed by atoms with Gasteiger partial charge >= 0.3 is 0 Å². The minimum atomic E-state index is -0.728. The van der Waals surface area contributed by atoms with Crippen molar-refractivity contribution >= 4 is 5.78 Å². The first kappa shape index (κ1) is 11.7. The first-order valence-corrected chi connectivity index (χ1v) is 6.98. The molecule has 3 rings (SSSR count). The zero-order valence-electron chi connectivity index (χ0n) is 11.4. The number of aliphatic hydroxyl groups is 1. The monoisotopic (exact) mass is 236 g/mol. The van der Waals surface area contributed by atoms with Gasteiger partial charge in [0, 0.05) is 0 Å². The molecule has 2 heteroatoms. The van der Waals surface area contributed by atoms with E-state index in [0.29, 0.717) is 23.2 Å². The molecule has 1 N–H and O–H groups in total. The van der Waals surface area contributed by atoms with Crippen LogP contribution in [0, 0.1) is 34.5 Å². The van der Waals surface area contributed by atoms with E-state index in [2.05, 4.69) is 20.8 Å². The Morgan fingerprint density at radius 3 is 2.35 bits per heavy atom. The van der Waals surface area contributed by atoms with Crippen LogP contribution in [0.15, 0.2) is 0 Å². The number of carbonyl (C=O) groups is 1. The highest BCUT2D eigenvalue weighted by atomic mass is 16.3. The molecule has 0 aromatic rings. The van der Waals surface area contributed by atoms with Crippen LogP contribution in [0.3, 0.4) is 0 Å². The molecule has 0 aromatic heterocycles. The van der Waals surface area contributed by atoms with Crippen LogP contribution in [-0.4, -0.2) is 17.0 Å². The number of rotatable bonds is 4. The third kappa shape index (κ3) is 1.39. The molecule has 3 fully saturated rings. The first-order valence-electron chi connectivity index (χ1n) is 6.98. The molecular formula is C15H24O2. The summed E-state index contributed by atoms with van der Waals surface area (Å²) in [7, 11) is 0. The Kier molecular flexibility index (Phi) is 2.16. The summed E-state index contributed by atoms with van der Waals surface area (Å²) in [5.74, 6) is 3.10. The Bertz CT molecular complexity index is 373. The second-order valence-corrected chi connectivity index (χ2v) is 7.49. The minimum Gasteiger partial charge on any atom is -0.385 e. The van der Waals surface area contributed by atoms with Gasteiger partial charge in [-0.2, -0.15) is 0 Å². The van der Waals surface area contributed by atoms with E-state index in [1.165, 1.54) is 19.8 Å². The average molecular weight is 236 g/mol. The summed E-state index contributed by atoms with van der Waals surface area (Å²) in [6.07, 6.45) is 2.77. The third-order valence-corrected chi connectivity index (χ3v) is 6.40. The summed E-state index contributed by atoms with van der Waals surface area (Å²) < 4.78 is 0. The van der Waals surface area contributed by atoms with Gasteiger partial charge in [0.1, 0.15) is 6.10 Å². The van der Waals surface area contributed by atoms with Gasteiger partial charge in [0.05, 0.1) is 0 Å². The third-order valence-electron chi connectivity index (χ3n) is 6.40. The molecule has 0 saturated heterocycles. The van der Waals surface area contributed by atoms with Crippen molar-refractivity contribution in [3.05, 3.63) is 0 Å². The van der Waals surface area contributed by atoms with Crippen LogP contribution >= 0.6 is 0 Å².